The standard InChI is InChI=1S/3C23H21N5O4.C2H4O2/c3*1-2-8-28-20(24)15(11-16-21(28)26-19-5-3-4-9-27(19)23(16)30)22(29)25-12-14-6-7-17-18(10-14)32-13-31-17;1-2(3)4/h3*3-7,9-11,24H,2,8,12-13H2,1H3,(H,25,29);1H3,(H,3,4). The topological polar surface area (TPSA) is 369 Å². The van der Waals surface area contributed by atoms with Crippen LogP contribution in [0.5, 0.6) is 34.5 Å². The molecule has 3 aromatic carbocycles. The van der Waals surface area contributed by atoms with Crippen LogP contribution >= 0.6 is 0 Å². The van der Waals surface area contributed by atoms with Crippen molar-refractivity contribution in [1.29, 1.82) is 16.2 Å². The summed E-state index contributed by atoms with van der Waals surface area (Å²) < 4.78 is 41.3. The molecule has 29 nitrogen and oxygen atoms in total. The molecule has 12 aromatic rings. The van der Waals surface area contributed by atoms with Crippen molar-refractivity contribution < 1.29 is 52.7 Å². The maximum atomic E-state index is 13.1. The third-order valence-corrected chi connectivity index (χ3v) is 16.2. The first-order valence-electron chi connectivity index (χ1n) is 31.9. The van der Waals surface area contributed by atoms with Gasteiger partial charge in [-0.25, -0.2) is 15.0 Å². The molecule has 510 valence electrons. The van der Waals surface area contributed by atoms with Crippen LogP contribution in [-0.4, -0.2) is 91.0 Å². The molecular formula is C71H67N15O14. The lowest BCUT2D eigenvalue weighted by Crippen LogP contribution is -2.34. The van der Waals surface area contributed by atoms with Crippen molar-refractivity contribution in [1.82, 2.24) is 57.8 Å². The quantitative estimate of drug-likeness (QED) is 0.0526. The summed E-state index contributed by atoms with van der Waals surface area (Å²) in [6.07, 6.45) is 7.10. The van der Waals surface area contributed by atoms with Gasteiger partial charge in [-0.15, -0.1) is 0 Å². The minimum atomic E-state index is -0.833. The van der Waals surface area contributed by atoms with Crippen molar-refractivity contribution in [2.75, 3.05) is 20.4 Å². The average molecular weight is 1350 g/mol. The van der Waals surface area contributed by atoms with Crippen LogP contribution in [0.3, 0.4) is 0 Å². The Morgan fingerprint density at radius 2 is 0.690 bits per heavy atom. The molecule has 3 aliphatic heterocycles. The molecule has 3 aliphatic rings. The van der Waals surface area contributed by atoms with Crippen LogP contribution in [-0.2, 0) is 44.1 Å². The number of carboxylic acid groups (broad SMARTS) is 1. The lowest BCUT2D eigenvalue weighted by molar-refractivity contribution is -0.134. The zero-order chi connectivity index (χ0) is 70.3. The van der Waals surface area contributed by atoms with Crippen LogP contribution in [0.25, 0.3) is 50.0 Å². The summed E-state index contributed by atoms with van der Waals surface area (Å²) in [6.45, 7) is 9.67. The van der Waals surface area contributed by atoms with Gasteiger partial charge >= 0.3 is 0 Å². The van der Waals surface area contributed by atoms with E-state index in [-0.39, 0.29) is 89.8 Å². The van der Waals surface area contributed by atoms with E-state index in [2.05, 4.69) is 30.9 Å². The highest BCUT2D eigenvalue weighted by molar-refractivity contribution is 5.98. The van der Waals surface area contributed by atoms with Gasteiger partial charge in [0.25, 0.3) is 40.4 Å². The average Bonchev–Trinajstić information content (AvgIpc) is 0.882. The van der Waals surface area contributed by atoms with E-state index in [4.69, 9.17) is 54.6 Å². The first-order valence-corrected chi connectivity index (χ1v) is 31.9. The molecule has 0 fully saturated rings. The lowest BCUT2D eigenvalue weighted by Gasteiger charge is -2.14. The summed E-state index contributed by atoms with van der Waals surface area (Å²) in [4.78, 5) is 101. The molecule has 0 spiro atoms. The molecule has 0 bridgehead atoms. The SMILES string of the molecule is CC(=O)O.CCCn1c(=N)c(C(=O)NCc2ccc3c(c2)OCO3)cc2c(=O)n3ccccc3nc21.CCCn1c(=N)c(C(=O)NCc2ccc3c(c2)OCO3)cc2c(=O)n3ccccc3nc21.CCCn1c(=N)c(C(=O)NCc2ccc3c(c2)OCO3)cc2c(=O)n3ccccc3nc21. The Bertz CT molecular complexity index is 5120. The molecule has 0 atom stereocenters. The van der Waals surface area contributed by atoms with E-state index in [9.17, 15) is 28.8 Å². The number of pyridine rings is 6. The van der Waals surface area contributed by atoms with Gasteiger partial charge in [0.05, 0.1) is 32.8 Å². The van der Waals surface area contributed by atoms with E-state index in [1.54, 1.807) is 105 Å². The number of amides is 3. The highest BCUT2D eigenvalue weighted by Crippen LogP contribution is 2.34. The third kappa shape index (κ3) is 13.7. The fourth-order valence-electron chi connectivity index (χ4n) is 11.5. The van der Waals surface area contributed by atoms with Crippen LogP contribution in [0, 0.1) is 16.2 Å². The van der Waals surface area contributed by atoms with Gasteiger partial charge in [-0.2, -0.15) is 0 Å². The van der Waals surface area contributed by atoms with Crippen molar-refractivity contribution >= 4 is 73.7 Å². The molecule has 0 unspecified atom stereocenters. The van der Waals surface area contributed by atoms with E-state index in [1.807, 2.05) is 57.2 Å². The van der Waals surface area contributed by atoms with Crippen molar-refractivity contribution in [3.8, 4) is 34.5 Å². The summed E-state index contributed by atoms with van der Waals surface area (Å²) in [5, 5.41) is 42.8. The number of carboxylic acids is 1. The molecule has 0 saturated heterocycles. The Morgan fingerprint density at radius 1 is 0.420 bits per heavy atom. The fourth-order valence-corrected chi connectivity index (χ4v) is 11.5. The molecule has 100 heavy (non-hydrogen) atoms. The maximum Gasteiger partial charge on any atom is 0.300 e. The van der Waals surface area contributed by atoms with Crippen LogP contribution in [0.2, 0.25) is 0 Å². The zero-order valence-corrected chi connectivity index (χ0v) is 54.6. The molecular weight excluding hydrogens is 1290 g/mol. The number of hydrogen-bond acceptors (Lipinski definition) is 19. The summed E-state index contributed by atoms with van der Waals surface area (Å²) in [5.74, 6) is 1.78. The van der Waals surface area contributed by atoms with Crippen LogP contribution < -0.4 is 77.5 Å². The predicted octanol–water partition coefficient (Wildman–Crippen LogP) is 6.68. The van der Waals surface area contributed by atoms with Crippen LogP contribution in [0.1, 0.15) is 94.7 Å². The zero-order valence-electron chi connectivity index (χ0n) is 54.6. The van der Waals surface area contributed by atoms with Crippen molar-refractivity contribution in [2.45, 2.75) is 86.2 Å². The largest absolute Gasteiger partial charge is 0.481 e. The Balaban J connectivity index is 0.000000138. The molecule has 9 aromatic heterocycles. The smallest absolute Gasteiger partial charge is 0.300 e. The van der Waals surface area contributed by atoms with Crippen molar-refractivity contribution in [3.63, 3.8) is 0 Å². The number of carbonyl (C=O) groups excluding carboxylic acids is 3. The second kappa shape index (κ2) is 29.2. The summed E-state index contributed by atoms with van der Waals surface area (Å²) in [7, 11) is 0. The number of aromatic nitrogens is 9. The Labute approximate surface area is 566 Å². The normalized spacial score (nSPS) is 12.2. The van der Waals surface area contributed by atoms with Gasteiger partial charge in [0.2, 0.25) is 20.4 Å². The van der Waals surface area contributed by atoms with E-state index >= 15 is 0 Å². The Hall–Kier alpha value is -13.0. The number of fused-ring (bicyclic) bond motifs is 9. The molecule has 3 amide bonds. The van der Waals surface area contributed by atoms with E-state index in [0.717, 1.165) is 42.9 Å². The molecule has 7 N–H and O–H groups in total. The van der Waals surface area contributed by atoms with Crippen molar-refractivity contribution in [2.24, 2.45) is 0 Å². The fraction of sp³-hybridized carbons (Fsp3) is 0.225. The van der Waals surface area contributed by atoms with Gasteiger partial charge in [-0.1, -0.05) is 57.2 Å². The monoisotopic (exact) mass is 1350 g/mol. The Morgan fingerprint density at radius 3 is 0.960 bits per heavy atom. The molecule has 0 aliphatic carbocycles. The number of benzene rings is 3. The van der Waals surface area contributed by atoms with Gasteiger partial charge in [-0.05, 0) is 127 Å². The molecule has 0 radical (unpaired) electrons. The van der Waals surface area contributed by atoms with Crippen molar-refractivity contribution in [3.05, 3.63) is 227 Å². The minimum absolute atomic E-state index is 0.0229. The number of nitrogens with one attached hydrogen (secondary N) is 6. The highest BCUT2D eigenvalue weighted by Gasteiger charge is 2.23. The number of rotatable bonds is 15. The second-order valence-corrected chi connectivity index (χ2v) is 23.1. The van der Waals surface area contributed by atoms with Gasteiger partial charge in [0, 0.05) is 64.8 Å². The van der Waals surface area contributed by atoms with Crippen LogP contribution in [0.15, 0.2) is 160 Å². The molecule has 29 heteroatoms. The first kappa shape index (κ1) is 67.0. The summed E-state index contributed by atoms with van der Waals surface area (Å²) in [6, 6.07) is 36.6. The number of nitrogens with zero attached hydrogens (tertiary/aromatic N) is 9. The second-order valence-electron chi connectivity index (χ2n) is 23.1. The minimum Gasteiger partial charge on any atom is -0.481 e. The maximum absolute atomic E-state index is 13.1. The molecule has 12 heterocycles. The number of aryl methyl sites for hydroxylation is 3. The Kier molecular flexibility index (Phi) is 19.6. The molecule has 0 saturated carbocycles. The number of carbonyl (C=O) groups is 4. The van der Waals surface area contributed by atoms with Gasteiger partial charge in [0.15, 0.2) is 34.5 Å². The van der Waals surface area contributed by atoms with Crippen LogP contribution in [0.4, 0.5) is 0 Å². The predicted molar refractivity (Wildman–Crippen MR) is 364 cm³/mol. The number of aliphatic carboxylic acids is 1. The third-order valence-electron chi connectivity index (χ3n) is 16.2. The van der Waals surface area contributed by atoms with E-state index in [0.29, 0.717) is 104 Å². The van der Waals surface area contributed by atoms with E-state index in [1.165, 1.54) is 31.4 Å². The van der Waals surface area contributed by atoms with Gasteiger partial charge in [-0.3, -0.25) is 63.0 Å². The summed E-state index contributed by atoms with van der Waals surface area (Å²) in [5.41, 5.74) is 4.82. The number of hydrogen-bond donors (Lipinski definition) is 7. The van der Waals surface area contributed by atoms with E-state index < -0.39 is 23.7 Å². The number of ether oxygens (including phenoxy) is 6. The van der Waals surface area contributed by atoms with Gasteiger partial charge in [0.1, 0.15) is 50.3 Å². The molecule has 15 rings (SSSR count). The first-order chi connectivity index (χ1) is 48.4. The lowest BCUT2D eigenvalue weighted by atomic mass is 10.1. The highest BCUT2D eigenvalue weighted by atomic mass is 16.7. The summed E-state index contributed by atoms with van der Waals surface area (Å²) >= 11 is 0. The van der Waals surface area contributed by atoms with Gasteiger partial charge < -0.3 is 63.2 Å².